The fraction of sp³-hybridized carbons (Fsp3) is 0.423. The van der Waals surface area contributed by atoms with E-state index in [9.17, 15) is 4.79 Å². The highest BCUT2D eigenvalue weighted by molar-refractivity contribution is 6.32. The second kappa shape index (κ2) is 15.6. The average Bonchev–Trinajstić information content (AvgIpc) is 2.68. The highest BCUT2D eigenvalue weighted by Gasteiger charge is 2.05. The van der Waals surface area contributed by atoms with Gasteiger partial charge in [0.05, 0.1) is 11.6 Å². The number of hydrogen-bond donors (Lipinski definition) is 1. The lowest BCUT2D eigenvalue weighted by Gasteiger charge is -2.10. The first-order chi connectivity index (χ1) is 14.4. The molecule has 0 amide bonds. The van der Waals surface area contributed by atoms with Gasteiger partial charge in [-0.1, -0.05) is 93.0 Å². The molecular weight excluding hydrogens is 396 g/mol. The number of allylic oxidation sites excluding steroid dienone is 6. The Morgan fingerprint density at radius 1 is 1.03 bits per heavy atom. The highest BCUT2D eigenvalue weighted by atomic mass is 35.5. The predicted molar refractivity (Wildman–Crippen MR) is 128 cm³/mol. The zero-order valence-corrected chi connectivity index (χ0v) is 19.3. The minimum Gasteiger partial charge on any atom is -0.493 e. The molecule has 0 spiro atoms. The molecule has 0 unspecified atom stereocenters. The van der Waals surface area contributed by atoms with E-state index in [0.29, 0.717) is 17.2 Å². The molecule has 0 radical (unpaired) electrons. The lowest BCUT2D eigenvalue weighted by molar-refractivity contribution is -0.131. The van der Waals surface area contributed by atoms with Crippen molar-refractivity contribution >= 4 is 23.6 Å². The monoisotopic (exact) mass is 430 g/mol. The minimum atomic E-state index is -0.944. The number of carboxylic acids is 1. The summed E-state index contributed by atoms with van der Waals surface area (Å²) < 4.78 is 6.00. The fourth-order valence-electron chi connectivity index (χ4n) is 2.91. The van der Waals surface area contributed by atoms with E-state index in [1.165, 1.54) is 44.6 Å². The smallest absolute Gasteiger partial charge is 0.328 e. The molecule has 0 aliphatic rings. The van der Waals surface area contributed by atoms with Crippen LogP contribution < -0.4 is 4.74 Å². The molecule has 0 heterocycles. The summed E-state index contributed by atoms with van der Waals surface area (Å²) in [4.78, 5) is 10.6. The zero-order chi connectivity index (χ0) is 22.2. The van der Waals surface area contributed by atoms with Crippen LogP contribution in [0.1, 0.15) is 71.3 Å². The summed E-state index contributed by atoms with van der Waals surface area (Å²) >= 11 is 6.39. The summed E-state index contributed by atoms with van der Waals surface area (Å²) in [6.45, 7) is 6.66. The van der Waals surface area contributed by atoms with Crippen LogP contribution in [0.3, 0.4) is 0 Å². The van der Waals surface area contributed by atoms with Gasteiger partial charge in [0.2, 0.25) is 0 Å². The molecule has 0 atom stereocenters. The van der Waals surface area contributed by atoms with Crippen molar-refractivity contribution in [3.8, 4) is 5.75 Å². The molecule has 164 valence electrons. The van der Waals surface area contributed by atoms with Crippen molar-refractivity contribution in [2.75, 3.05) is 6.61 Å². The molecule has 0 saturated heterocycles. The van der Waals surface area contributed by atoms with Gasteiger partial charge in [-0.2, -0.15) is 0 Å². The normalized spacial score (nSPS) is 12.8. The molecule has 0 aromatic heterocycles. The first kappa shape index (κ1) is 25.8. The number of ether oxygens (including phenoxy) is 1. The summed E-state index contributed by atoms with van der Waals surface area (Å²) in [5.41, 5.74) is 2.58. The number of hydrogen-bond acceptors (Lipinski definition) is 2. The maximum Gasteiger partial charge on any atom is 0.328 e. The van der Waals surface area contributed by atoms with Crippen LogP contribution in [0.5, 0.6) is 5.75 Å². The highest BCUT2D eigenvalue weighted by Crippen LogP contribution is 2.28. The standard InChI is InChI=1S/C26H35ClO3/c1-4-5-6-7-8-9-10-19-30-25-16-12-15-24(27)23(25)18-17-21(2)13-11-14-22(3)20-26(28)29/h11-18,20H,4-10,19H2,1-3H3,(H,28,29). The molecule has 0 aliphatic carbocycles. The fourth-order valence-corrected chi connectivity index (χ4v) is 3.14. The quantitative estimate of drug-likeness (QED) is 0.184. The molecule has 1 rings (SSSR count). The molecule has 1 aromatic rings. The summed E-state index contributed by atoms with van der Waals surface area (Å²) in [5, 5.41) is 9.39. The Bertz CT molecular complexity index is 772. The van der Waals surface area contributed by atoms with E-state index in [2.05, 4.69) is 6.92 Å². The molecule has 0 aliphatic heterocycles. The molecule has 0 bridgehead atoms. The Morgan fingerprint density at radius 3 is 2.43 bits per heavy atom. The van der Waals surface area contributed by atoms with E-state index in [1.54, 1.807) is 13.0 Å². The molecule has 3 nitrogen and oxygen atoms in total. The van der Waals surface area contributed by atoms with Crippen LogP contribution in [0, 0.1) is 0 Å². The number of carbonyl (C=O) groups is 1. The van der Waals surface area contributed by atoms with E-state index in [1.807, 2.05) is 49.4 Å². The third-order valence-electron chi connectivity index (χ3n) is 4.60. The van der Waals surface area contributed by atoms with Crippen molar-refractivity contribution in [2.24, 2.45) is 0 Å². The molecule has 0 saturated carbocycles. The Hall–Kier alpha value is -2.26. The third-order valence-corrected chi connectivity index (χ3v) is 4.93. The summed E-state index contributed by atoms with van der Waals surface area (Å²) in [7, 11) is 0. The van der Waals surface area contributed by atoms with E-state index in [0.717, 1.165) is 23.3 Å². The van der Waals surface area contributed by atoms with Crippen molar-refractivity contribution in [1.29, 1.82) is 0 Å². The second-order valence-electron chi connectivity index (χ2n) is 7.45. The van der Waals surface area contributed by atoms with E-state index in [4.69, 9.17) is 21.4 Å². The zero-order valence-electron chi connectivity index (χ0n) is 18.5. The summed E-state index contributed by atoms with van der Waals surface area (Å²) in [5.74, 6) is -0.145. The van der Waals surface area contributed by atoms with Gasteiger partial charge in [0, 0.05) is 11.6 Å². The molecule has 30 heavy (non-hydrogen) atoms. The van der Waals surface area contributed by atoms with E-state index >= 15 is 0 Å². The van der Waals surface area contributed by atoms with E-state index < -0.39 is 5.97 Å². The van der Waals surface area contributed by atoms with Crippen molar-refractivity contribution in [3.63, 3.8) is 0 Å². The van der Waals surface area contributed by atoms with Gasteiger partial charge in [0.1, 0.15) is 5.75 Å². The van der Waals surface area contributed by atoms with Crippen LogP contribution in [0.15, 0.2) is 59.7 Å². The van der Waals surface area contributed by atoms with Gasteiger partial charge < -0.3 is 9.84 Å². The van der Waals surface area contributed by atoms with Crippen LogP contribution in [-0.4, -0.2) is 17.7 Å². The molecule has 4 heteroatoms. The Labute approximate surface area is 186 Å². The summed E-state index contributed by atoms with van der Waals surface area (Å²) in [6, 6.07) is 5.72. The maximum absolute atomic E-state index is 10.6. The van der Waals surface area contributed by atoms with Gasteiger partial charge in [-0.05, 0) is 44.1 Å². The van der Waals surface area contributed by atoms with Gasteiger partial charge in [0.15, 0.2) is 0 Å². The molecule has 1 N–H and O–H groups in total. The first-order valence-corrected chi connectivity index (χ1v) is 11.2. The van der Waals surface area contributed by atoms with Gasteiger partial charge >= 0.3 is 5.97 Å². The first-order valence-electron chi connectivity index (χ1n) is 10.8. The minimum absolute atomic E-state index is 0.659. The Kier molecular flexibility index (Phi) is 13.4. The van der Waals surface area contributed by atoms with Crippen LogP contribution in [-0.2, 0) is 4.79 Å². The second-order valence-corrected chi connectivity index (χ2v) is 7.86. The maximum atomic E-state index is 10.6. The third kappa shape index (κ3) is 11.7. The number of benzene rings is 1. The lowest BCUT2D eigenvalue weighted by atomic mass is 10.1. The van der Waals surface area contributed by atoms with Gasteiger partial charge in [-0.25, -0.2) is 4.79 Å². The van der Waals surface area contributed by atoms with Crippen molar-refractivity contribution < 1.29 is 14.6 Å². The van der Waals surface area contributed by atoms with Gasteiger partial charge in [-0.15, -0.1) is 0 Å². The van der Waals surface area contributed by atoms with Gasteiger partial charge in [-0.3, -0.25) is 0 Å². The van der Waals surface area contributed by atoms with Crippen molar-refractivity contribution in [2.45, 2.75) is 65.7 Å². The van der Waals surface area contributed by atoms with Crippen LogP contribution >= 0.6 is 11.6 Å². The lowest BCUT2D eigenvalue weighted by Crippen LogP contribution is -1.99. The largest absolute Gasteiger partial charge is 0.493 e. The average molecular weight is 431 g/mol. The van der Waals surface area contributed by atoms with Crippen LogP contribution in [0.2, 0.25) is 5.02 Å². The SMILES string of the molecule is CCCCCCCCCOc1cccc(Cl)c1C=CC(C)=CC=CC(C)=CC(=O)O. The number of rotatable bonds is 14. The number of unbranched alkanes of at least 4 members (excludes halogenated alkanes) is 6. The van der Waals surface area contributed by atoms with Gasteiger partial charge in [0.25, 0.3) is 0 Å². The van der Waals surface area contributed by atoms with Crippen molar-refractivity contribution in [3.05, 3.63) is 70.3 Å². The summed E-state index contributed by atoms with van der Waals surface area (Å²) in [6.07, 6.45) is 19.4. The molecule has 1 aromatic carbocycles. The topological polar surface area (TPSA) is 46.5 Å². The Morgan fingerprint density at radius 2 is 1.73 bits per heavy atom. The Balaban J connectivity index is 2.62. The van der Waals surface area contributed by atoms with Crippen LogP contribution in [0.25, 0.3) is 6.08 Å². The predicted octanol–water partition coefficient (Wildman–Crippen LogP) is 8.02. The number of carboxylic acid groups (broad SMARTS) is 1. The van der Waals surface area contributed by atoms with E-state index in [-0.39, 0.29) is 0 Å². The number of halogens is 1. The molecule has 0 fully saturated rings. The number of aliphatic carboxylic acids is 1. The van der Waals surface area contributed by atoms with Crippen LogP contribution in [0.4, 0.5) is 0 Å². The van der Waals surface area contributed by atoms with Crippen molar-refractivity contribution in [1.82, 2.24) is 0 Å². The molecular formula is C26H35ClO3.